The molecule has 2 heteroatoms. The molecule has 0 aliphatic rings. The van der Waals surface area contributed by atoms with Crippen molar-refractivity contribution in [2.75, 3.05) is 10.6 Å². The van der Waals surface area contributed by atoms with Crippen LogP contribution in [-0.2, 0) is 0 Å². The normalized spacial score (nSPS) is 11.3. The molecule has 0 heterocycles. The summed E-state index contributed by atoms with van der Waals surface area (Å²) < 4.78 is 0. The van der Waals surface area contributed by atoms with E-state index < -0.39 is 0 Å². The predicted octanol–water partition coefficient (Wildman–Crippen LogP) is 11.4. The van der Waals surface area contributed by atoms with Gasteiger partial charge in [0.15, 0.2) is 0 Å². The molecule has 0 saturated heterocycles. The minimum Gasteiger partial charge on any atom is -0.355 e. The van der Waals surface area contributed by atoms with E-state index in [-0.39, 0.29) is 0 Å². The minimum absolute atomic E-state index is 1.07. The Balaban J connectivity index is 1.49. The van der Waals surface area contributed by atoms with Gasteiger partial charge in [-0.3, -0.25) is 0 Å². The van der Waals surface area contributed by atoms with E-state index in [2.05, 4.69) is 168 Å². The molecule has 42 heavy (non-hydrogen) atoms. The average molecular weight is 537 g/mol. The first-order valence-corrected chi connectivity index (χ1v) is 14.4. The summed E-state index contributed by atoms with van der Waals surface area (Å²) in [6.45, 7) is 0. The van der Waals surface area contributed by atoms with E-state index in [1.807, 2.05) is 0 Å². The van der Waals surface area contributed by atoms with Gasteiger partial charge in [-0.2, -0.15) is 0 Å². The summed E-state index contributed by atoms with van der Waals surface area (Å²) in [6, 6.07) is 56.1. The first-order valence-electron chi connectivity index (χ1n) is 14.4. The third-order valence-electron chi connectivity index (χ3n) is 8.17. The quantitative estimate of drug-likeness (QED) is 0.207. The first-order chi connectivity index (χ1) is 20.8. The number of benzene rings is 8. The lowest BCUT2D eigenvalue weighted by Gasteiger charge is -2.22. The van der Waals surface area contributed by atoms with E-state index in [1.54, 1.807) is 0 Å². The molecule has 0 fully saturated rings. The highest BCUT2D eigenvalue weighted by atomic mass is 14.9. The minimum atomic E-state index is 1.07. The zero-order valence-electron chi connectivity index (χ0n) is 23.0. The molecule has 2 nitrogen and oxygen atoms in total. The monoisotopic (exact) mass is 536 g/mol. The van der Waals surface area contributed by atoms with Crippen LogP contribution in [0.5, 0.6) is 0 Å². The number of nitrogens with one attached hydrogen (secondary N) is 2. The third kappa shape index (κ3) is 4.13. The largest absolute Gasteiger partial charge is 0.355 e. The molecule has 0 aliphatic carbocycles. The van der Waals surface area contributed by atoms with Gasteiger partial charge < -0.3 is 10.6 Å². The molecule has 2 N–H and O–H groups in total. The number of hydrogen-bond donors (Lipinski definition) is 2. The molecule has 8 aromatic carbocycles. The molecule has 0 spiro atoms. The van der Waals surface area contributed by atoms with Crippen molar-refractivity contribution in [3.05, 3.63) is 158 Å². The van der Waals surface area contributed by atoms with Crippen LogP contribution < -0.4 is 10.6 Å². The summed E-state index contributed by atoms with van der Waals surface area (Å²) in [6.07, 6.45) is 0. The second-order valence-corrected chi connectivity index (χ2v) is 10.7. The maximum atomic E-state index is 3.75. The molecule has 0 amide bonds. The van der Waals surface area contributed by atoms with Gasteiger partial charge in [-0.25, -0.2) is 0 Å². The van der Waals surface area contributed by atoms with Gasteiger partial charge in [0.25, 0.3) is 0 Å². The van der Waals surface area contributed by atoms with Crippen LogP contribution in [-0.4, -0.2) is 0 Å². The maximum absolute atomic E-state index is 3.75. The number of para-hydroxylation sites is 2. The van der Waals surface area contributed by atoms with Crippen LogP contribution in [0.2, 0.25) is 0 Å². The molecule has 0 saturated carbocycles. The molecule has 198 valence electrons. The van der Waals surface area contributed by atoms with E-state index in [0.717, 1.165) is 22.7 Å². The first kappa shape index (κ1) is 24.2. The van der Waals surface area contributed by atoms with Gasteiger partial charge in [-0.05, 0) is 69.4 Å². The maximum Gasteiger partial charge on any atom is 0.0470 e. The standard InChI is InChI=1S/C40H28N2/c1-5-13-27(14-6-1)35-25-37(41-29-17-9-3-10-18-29)33-23-24-34-38(42-30-19-11-4-12-20-30)26-36(28-15-7-2-8-16-28)32-22-21-31(35)39(33)40(32)34/h1-26,41-42H. The average Bonchev–Trinajstić information content (AvgIpc) is 3.06. The Morgan fingerprint density at radius 2 is 0.643 bits per heavy atom. The van der Waals surface area contributed by atoms with Crippen LogP contribution in [0, 0.1) is 0 Å². The van der Waals surface area contributed by atoms with Crippen molar-refractivity contribution in [3.63, 3.8) is 0 Å². The second-order valence-electron chi connectivity index (χ2n) is 10.7. The smallest absolute Gasteiger partial charge is 0.0470 e. The summed E-state index contributed by atoms with van der Waals surface area (Å²) in [5.74, 6) is 0. The van der Waals surface area contributed by atoms with Gasteiger partial charge in [0, 0.05) is 44.3 Å². The summed E-state index contributed by atoms with van der Waals surface area (Å²) in [4.78, 5) is 0. The zero-order chi connectivity index (χ0) is 27.9. The molecule has 0 aliphatic heterocycles. The van der Waals surface area contributed by atoms with Gasteiger partial charge in [0.05, 0.1) is 0 Å². The van der Waals surface area contributed by atoms with E-state index in [9.17, 15) is 0 Å². The molecule has 8 aromatic rings. The molecule has 0 radical (unpaired) electrons. The Hall–Kier alpha value is -5.60. The highest BCUT2D eigenvalue weighted by molar-refractivity contribution is 6.31. The molecule has 0 atom stereocenters. The molecular weight excluding hydrogens is 508 g/mol. The van der Waals surface area contributed by atoms with Gasteiger partial charge >= 0.3 is 0 Å². The van der Waals surface area contributed by atoms with Crippen LogP contribution in [0.15, 0.2) is 158 Å². The van der Waals surface area contributed by atoms with Crippen LogP contribution in [0.1, 0.15) is 0 Å². The lowest BCUT2D eigenvalue weighted by Crippen LogP contribution is -1.98. The summed E-state index contributed by atoms with van der Waals surface area (Å²) in [5.41, 5.74) is 9.20. The van der Waals surface area contributed by atoms with E-state index in [0.29, 0.717) is 0 Å². The van der Waals surface area contributed by atoms with Crippen molar-refractivity contribution in [1.82, 2.24) is 0 Å². The Morgan fingerprint density at radius 3 is 1.02 bits per heavy atom. The molecule has 0 bridgehead atoms. The summed E-state index contributed by atoms with van der Waals surface area (Å²) in [7, 11) is 0. The van der Waals surface area contributed by atoms with Gasteiger partial charge in [0.2, 0.25) is 0 Å². The Kier molecular flexibility index (Phi) is 5.82. The van der Waals surface area contributed by atoms with Crippen LogP contribution in [0.4, 0.5) is 22.7 Å². The van der Waals surface area contributed by atoms with Crippen molar-refractivity contribution in [3.8, 4) is 22.3 Å². The summed E-state index contributed by atoms with van der Waals surface area (Å²) in [5, 5.41) is 15.0. The lowest BCUT2D eigenvalue weighted by atomic mass is 9.85. The fourth-order valence-corrected chi connectivity index (χ4v) is 6.27. The lowest BCUT2D eigenvalue weighted by molar-refractivity contribution is 1.57. The predicted molar refractivity (Wildman–Crippen MR) is 180 cm³/mol. The van der Waals surface area contributed by atoms with Gasteiger partial charge in [-0.1, -0.05) is 121 Å². The topological polar surface area (TPSA) is 24.1 Å². The fraction of sp³-hybridized carbons (Fsp3) is 0. The number of rotatable bonds is 6. The molecule has 0 aromatic heterocycles. The second kappa shape index (κ2) is 10.1. The molecule has 0 unspecified atom stereocenters. The van der Waals surface area contributed by atoms with E-state index in [4.69, 9.17) is 0 Å². The third-order valence-corrected chi connectivity index (χ3v) is 8.17. The zero-order valence-corrected chi connectivity index (χ0v) is 23.0. The van der Waals surface area contributed by atoms with Crippen molar-refractivity contribution in [2.24, 2.45) is 0 Å². The SMILES string of the molecule is c1ccc(Nc2cc(-c3ccccc3)c3ccc4c(-c5ccccc5)cc(Nc5ccccc5)c5ccc2c3c54)cc1. The molecular formula is C40H28N2. The van der Waals surface area contributed by atoms with Gasteiger partial charge in [-0.15, -0.1) is 0 Å². The number of hydrogen-bond acceptors (Lipinski definition) is 2. The van der Waals surface area contributed by atoms with Crippen molar-refractivity contribution < 1.29 is 0 Å². The number of anilines is 4. The Labute approximate surface area is 245 Å². The van der Waals surface area contributed by atoms with Crippen LogP contribution in [0.25, 0.3) is 54.6 Å². The highest BCUT2D eigenvalue weighted by Crippen LogP contribution is 2.47. The van der Waals surface area contributed by atoms with Gasteiger partial charge in [0.1, 0.15) is 0 Å². The van der Waals surface area contributed by atoms with E-state index >= 15 is 0 Å². The van der Waals surface area contributed by atoms with Crippen molar-refractivity contribution >= 4 is 55.1 Å². The Bertz CT molecular complexity index is 2000. The molecule has 8 rings (SSSR count). The highest BCUT2D eigenvalue weighted by Gasteiger charge is 2.20. The van der Waals surface area contributed by atoms with Crippen molar-refractivity contribution in [1.29, 1.82) is 0 Å². The fourth-order valence-electron chi connectivity index (χ4n) is 6.27. The van der Waals surface area contributed by atoms with Crippen molar-refractivity contribution in [2.45, 2.75) is 0 Å². The van der Waals surface area contributed by atoms with Crippen LogP contribution >= 0.6 is 0 Å². The van der Waals surface area contributed by atoms with Crippen LogP contribution in [0.3, 0.4) is 0 Å². The van der Waals surface area contributed by atoms with E-state index in [1.165, 1.54) is 54.6 Å². The summed E-state index contributed by atoms with van der Waals surface area (Å²) >= 11 is 0. The Morgan fingerprint density at radius 1 is 0.310 bits per heavy atom.